The molecular formula is C27H31N5O2. The first kappa shape index (κ1) is 22.2. The molecule has 4 aromatic rings. The maximum Gasteiger partial charge on any atom is 0.277 e. The minimum Gasteiger partial charge on any atom is -0.373 e. The number of anilines is 1. The molecule has 7 heteroatoms. The van der Waals surface area contributed by atoms with E-state index in [0.29, 0.717) is 24.1 Å². The van der Waals surface area contributed by atoms with Crippen LogP contribution in [0.1, 0.15) is 36.0 Å². The van der Waals surface area contributed by atoms with Gasteiger partial charge in [0.15, 0.2) is 0 Å². The van der Waals surface area contributed by atoms with Crippen molar-refractivity contribution in [2.45, 2.75) is 45.6 Å². The predicted molar refractivity (Wildman–Crippen MR) is 137 cm³/mol. The molecule has 0 atom stereocenters. The first-order chi connectivity index (χ1) is 16.5. The minimum atomic E-state index is -0.153. The molecule has 2 heterocycles. The van der Waals surface area contributed by atoms with Gasteiger partial charge in [0.05, 0.1) is 6.33 Å². The largest absolute Gasteiger partial charge is 0.373 e. The van der Waals surface area contributed by atoms with Crippen LogP contribution in [0.4, 0.5) is 5.69 Å². The van der Waals surface area contributed by atoms with E-state index in [1.165, 1.54) is 34.2 Å². The summed E-state index contributed by atoms with van der Waals surface area (Å²) in [5.74, 6) is -0.0669. The van der Waals surface area contributed by atoms with Gasteiger partial charge in [-0.1, -0.05) is 23.8 Å². The molecule has 0 aliphatic heterocycles. The number of rotatable bonds is 7. The number of aromatic nitrogens is 3. The summed E-state index contributed by atoms with van der Waals surface area (Å²) in [5.41, 5.74) is 7.20. The van der Waals surface area contributed by atoms with Crippen LogP contribution in [0, 0.1) is 6.92 Å². The quantitative estimate of drug-likeness (QED) is 0.443. The summed E-state index contributed by atoms with van der Waals surface area (Å²) in [7, 11) is 2.08. The van der Waals surface area contributed by atoms with Crippen molar-refractivity contribution in [3.05, 3.63) is 69.8 Å². The van der Waals surface area contributed by atoms with Gasteiger partial charge >= 0.3 is 0 Å². The van der Waals surface area contributed by atoms with Gasteiger partial charge in [-0.25, -0.2) is 4.98 Å². The smallest absolute Gasteiger partial charge is 0.277 e. The number of carbonyl (C=O) groups excluding carboxylic acids is 1. The maximum absolute atomic E-state index is 12.9. The summed E-state index contributed by atoms with van der Waals surface area (Å²) in [4.78, 5) is 35.3. The normalized spacial score (nSPS) is 13.2. The van der Waals surface area contributed by atoms with E-state index in [4.69, 9.17) is 0 Å². The van der Waals surface area contributed by atoms with Crippen LogP contribution in [0.15, 0.2) is 47.5 Å². The average molecular weight is 458 g/mol. The fourth-order valence-electron chi connectivity index (χ4n) is 4.98. The molecule has 0 unspecified atom stereocenters. The van der Waals surface area contributed by atoms with E-state index < -0.39 is 0 Å². The van der Waals surface area contributed by atoms with Crippen LogP contribution in [-0.4, -0.2) is 40.6 Å². The van der Waals surface area contributed by atoms with Crippen molar-refractivity contribution in [2.75, 3.05) is 25.0 Å². The Labute approximate surface area is 198 Å². The van der Waals surface area contributed by atoms with Gasteiger partial charge in [-0.05, 0) is 61.9 Å². The number of fused-ring (bicyclic) bond motifs is 4. The zero-order valence-electron chi connectivity index (χ0n) is 19.9. The highest BCUT2D eigenvalue weighted by molar-refractivity contribution is 6.04. The first-order valence-corrected chi connectivity index (χ1v) is 12.1. The summed E-state index contributed by atoms with van der Waals surface area (Å²) in [6.45, 7) is 3.62. The Kier molecular flexibility index (Phi) is 6.09. The SMILES string of the molecule is Cc1ccc2[nH]c3c(=O)n(CCC(=O)NCCN(C)c4cccc5c4CCCC5)cnc3c2c1. The molecule has 0 saturated carbocycles. The van der Waals surface area contributed by atoms with Crippen molar-refractivity contribution >= 4 is 33.5 Å². The third-order valence-electron chi connectivity index (χ3n) is 6.86. The maximum atomic E-state index is 12.9. The Morgan fingerprint density at radius 1 is 1.21 bits per heavy atom. The number of carbonyl (C=O) groups is 1. The minimum absolute atomic E-state index is 0.0669. The zero-order valence-corrected chi connectivity index (χ0v) is 19.9. The standard InChI is InChI=1S/C27H31N5O2/c1-18-10-11-22-21(16-18)25-26(30-22)27(34)32(17-29-25)14-12-24(33)28-13-15-31(2)23-9-5-7-19-6-3-4-8-20(19)23/h5,7,9-11,16-17,30H,3-4,6,8,12-15H2,1-2H3,(H,28,33). The highest BCUT2D eigenvalue weighted by atomic mass is 16.2. The summed E-state index contributed by atoms with van der Waals surface area (Å²) in [6.07, 6.45) is 6.57. The van der Waals surface area contributed by atoms with Crippen LogP contribution < -0.4 is 15.8 Å². The Balaban J connectivity index is 1.18. The lowest BCUT2D eigenvalue weighted by Crippen LogP contribution is -2.34. The molecule has 7 nitrogen and oxygen atoms in total. The molecule has 1 aliphatic rings. The van der Waals surface area contributed by atoms with Crippen LogP contribution in [0.25, 0.3) is 21.9 Å². The van der Waals surface area contributed by atoms with Crippen LogP contribution in [0.5, 0.6) is 0 Å². The topological polar surface area (TPSA) is 83.0 Å². The van der Waals surface area contributed by atoms with E-state index in [2.05, 4.69) is 45.4 Å². The van der Waals surface area contributed by atoms with Gasteiger partial charge in [-0.15, -0.1) is 0 Å². The Morgan fingerprint density at radius 3 is 2.94 bits per heavy atom. The summed E-state index contributed by atoms with van der Waals surface area (Å²) in [6, 6.07) is 12.5. The number of nitrogens with zero attached hydrogens (tertiary/aromatic N) is 3. The van der Waals surface area contributed by atoms with Crippen LogP contribution in [0.3, 0.4) is 0 Å². The van der Waals surface area contributed by atoms with Crippen molar-refractivity contribution in [3.8, 4) is 0 Å². The number of nitrogens with one attached hydrogen (secondary N) is 2. The van der Waals surface area contributed by atoms with Crippen LogP contribution in [0.2, 0.25) is 0 Å². The number of amides is 1. The number of H-pyrrole nitrogens is 1. The highest BCUT2D eigenvalue weighted by Crippen LogP contribution is 2.29. The lowest BCUT2D eigenvalue weighted by atomic mass is 9.90. The molecule has 2 N–H and O–H groups in total. The molecule has 2 aromatic carbocycles. The van der Waals surface area contributed by atoms with Gasteiger partial charge in [-0.3, -0.25) is 14.2 Å². The van der Waals surface area contributed by atoms with Crippen molar-refractivity contribution in [1.29, 1.82) is 0 Å². The van der Waals surface area contributed by atoms with Crippen molar-refractivity contribution in [3.63, 3.8) is 0 Å². The molecule has 176 valence electrons. The summed E-state index contributed by atoms with van der Waals surface area (Å²) < 4.78 is 1.51. The van der Waals surface area contributed by atoms with Crippen molar-refractivity contribution < 1.29 is 4.79 Å². The second kappa shape index (κ2) is 9.33. The fraction of sp³-hybridized carbons (Fsp3) is 0.370. The molecule has 2 aromatic heterocycles. The Hall–Kier alpha value is -3.61. The fourth-order valence-corrected chi connectivity index (χ4v) is 4.98. The molecule has 5 rings (SSSR count). The van der Waals surface area contributed by atoms with Crippen molar-refractivity contribution in [2.24, 2.45) is 0 Å². The molecule has 0 spiro atoms. The second-order valence-corrected chi connectivity index (χ2v) is 9.28. The summed E-state index contributed by atoms with van der Waals surface area (Å²) >= 11 is 0. The molecule has 1 aliphatic carbocycles. The molecule has 34 heavy (non-hydrogen) atoms. The summed E-state index contributed by atoms with van der Waals surface area (Å²) in [5, 5.41) is 3.94. The lowest BCUT2D eigenvalue weighted by Gasteiger charge is -2.26. The van der Waals surface area contributed by atoms with E-state index in [-0.39, 0.29) is 17.9 Å². The number of aryl methyl sites for hydroxylation is 3. The first-order valence-electron chi connectivity index (χ1n) is 12.1. The number of aromatic amines is 1. The van der Waals surface area contributed by atoms with Crippen LogP contribution >= 0.6 is 0 Å². The predicted octanol–water partition coefficient (Wildman–Crippen LogP) is 3.71. The third-order valence-corrected chi connectivity index (χ3v) is 6.86. The molecular weight excluding hydrogens is 426 g/mol. The van der Waals surface area contributed by atoms with E-state index in [9.17, 15) is 9.59 Å². The monoisotopic (exact) mass is 457 g/mol. The molecule has 0 saturated heterocycles. The molecule has 0 fully saturated rings. The van der Waals surface area contributed by atoms with Crippen molar-refractivity contribution in [1.82, 2.24) is 19.9 Å². The van der Waals surface area contributed by atoms with E-state index in [1.54, 1.807) is 6.33 Å². The third kappa shape index (κ3) is 4.30. The Morgan fingerprint density at radius 2 is 2.06 bits per heavy atom. The highest BCUT2D eigenvalue weighted by Gasteiger charge is 2.16. The molecule has 0 radical (unpaired) electrons. The van der Waals surface area contributed by atoms with Gasteiger partial charge in [0.2, 0.25) is 5.91 Å². The lowest BCUT2D eigenvalue weighted by molar-refractivity contribution is -0.121. The van der Waals surface area contributed by atoms with E-state index in [1.807, 2.05) is 25.1 Å². The molecule has 0 bridgehead atoms. The van der Waals surface area contributed by atoms with Gasteiger partial charge in [-0.2, -0.15) is 0 Å². The van der Waals surface area contributed by atoms with E-state index in [0.717, 1.165) is 35.9 Å². The average Bonchev–Trinajstić information content (AvgIpc) is 3.22. The van der Waals surface area contributed by atoms with Crippen LogP contribution in [-0.2, 0) is 24.2 Å². The number of hydrogen-bond acceptors (Lipinski definition) is 4. The van der Waals surface area contributed by atoms with Gasteiger partial charge in [0.1, 0.15) is 11.0 Å². The van der Waals surface area contributed by atoms with Gasteiger partial charge < -0.3 is 15.2 Å². The number of hydrogen-bond donors (Lipinski definition) is 2. The van der Waals surface area contributed by atoms with Gasteiger partial charge in [0, 0.05) is 49.7 Å². The molecule has 1 amide bonds. The second-order valence-electron chi connectivity index (χ2n) is 9.28. The van der Waals surface area contributed by atoms with Gasteiger partial charge in [0.25, 0.3) is 5.56 Å². The Bertz CT molecular complexity index is 1420. The zero-order chi connectivity index (χ0) is 23.7. The number of benzene rings is 2. The number of likely N-dealkylation sites (N-methyl/N-ethyl adjacent to an activating group) is 1. The van der Waals surface area contributed by atoms with E-state index >= 15 is 0 Å².